The van der Waals surface area contributed by atoms with Crippen molar-refractivity contribution in [2.45, 2.75) is 19.5 Å². The lowest BCUT2D eigenvalue weighted by Crippen LogP contribution is -2.37. The molecule has 2 aromatic rings. The van der Waals surface area contributed by atoms with Crippen LogP contribution >= 0.6 is 0 Å². The second-order valence-corrected chi connectivity index (χ2v) is 4.55. The number of carbonyl (C=O) groups is 1. The predicted octanol–water partition coefficient (Wildman–Crippen LogP) is 1.81. The maximum atomic E-state index is 11.4. The summed E-state index contributed by atoms with van der Waals surface area (Å²) in [5.41, 5.74) is 6.54. The predicted molar refractivity (Wildman–Crippen MR) is 76.0 cm³/mol. The van der Waals surface area contributed by atoms with Crippen molar-refractivity contribution >= 4 is 16.7 Å². The zero-order chi connectivity index (χ0) is 13.8. The van der Waals surface area contributed by atoms with Gasteiger partial charge >= 0.3 is 0 Å². The molecule has 1 atom stereocenters. The van der Waals surface area contributed by atoms with Gasteiger partial charge in [0.05, 0.1) is 13.2 Å². The van der Waals surface area contributed by atoms with Gasteiger partial charge < -0.3 is 15.8 Å². The number of rotatable bonds is 4. The minimum Gasteiger partial charge on any atom is -0.497 e. The monoisotopic (exact) mass is 258 g/mol. The van der Waals surface area contributed by atoms with Crippen LogP contribution in [-0.2, 0) is 11.3 Å². The Labute approximate surface area is 112 Å². The highest BCUT2D eigenvalue weighted by Crippen LogP contribution is 2.21. The van der Waals surface area contributed by atoms with Gasteiger partial charge in [-0.1, -0.05) is 18.2 Å². The molecule has 0 aromatic heterocycles. The lowest BCUT2D eigenvalue weighted by atomic mass is 10.1. The molecule has 2 rings (SSSR count). The van der Waals surface area contributed by atoms with Gasteiger partial charge in [0, 0.05) is 6.54 Å². The fourth-order valence-electron chi connectivity index (χ4n) is 1.86. The molecule has 0 radical (unpaired) electrons. The largest absolute Gasteiger partial charge is 0.497 e. The number of fused-ring (bicyclic) bond motifs is 1. The number of nitrogens with two attached hydrogens (primary N) is 1. The number of benzene rings is 2. The van der Waals surface area contributed by atoms with Gasteiger partial charge in [-0.3, -0.25) is 4.79 Å². The van der Waals surface area contributed by atoms with E-state index < -0.39 is 6.04 Å². The Hall–Kier alpha value is -2.07. The van der Waals surface area contributed by atoms with Crippen molar-refractivity contribution < 1.29 is 9.53 Å². The van der Waals surface area contributed by atoms with Gasteiger partial charge in [-0.2, -0.15) is 0 Å². The van der Waals surface area contributed by atoms with Crippen LogP contribution in [0.25, 0.3) is 10.8 Å². The molecule has 0 bridgehead atoms. The van der Waals surface area contributed by atoms with E-state index in [1.807, 2.05) is 30.3 Å². The van der Waals surface area contributed by atoms with Crippen LogP contribution in [0.15, 0.2) is 36.4 Å². The number of hydrogen-bond donors (Lipinski definition) is 2. The molecule has 0 saturated heterocycles. The second kappa shape index (κ2) is 5.71. The van der Waals surface area contributed by atoms with Gasteiger partial charge in [0.25, 0.3) is 0 Å². The van der Waals surface area contributed by atoms with E-state index in [0.717, 1.165) is 22.1 Å². The molecule has 100 valence electrons. The van der Waals surface area contributed by atoms with Crippen molar-refractivity contribution in [1.29, 1.82) is 0 Å². The standard InChI is InChI=1S/C15H18N2O2/c1-10(16)15(18)17-9-11-3-4-13-8-14(19-2)6-5-12(13)7-11/h3-8,10H,9,16H2,1-2H3,(H,17,18)/t10-/m0/s1. The topological polar surface area (TPSA) is 64.3 Å². The Bertz CT molecular complexity index is 594. The van der Waals surface area contributed by atoms with Crippen LogP contribution in [0.2, 0.25) is 0 Å². The minimum absolute atomic E-state index is 0.144. The number of methoxy groups -OCH3 is 1. The van der Waals surface area contributed by atoms with E-state index >= 15 is 0 Å². The van der Waals surface area contributed by atoms with Gasteiger partial charge in [0.1, 0.15) is 5.75 Å². The van der Waals surface area contributed by atoms with E-state index in [-0.39, 0.29) is 5.91 Å². The van der Waals surface area contributed by atoms with E-state index in [4.69, 9.17) is 10.5 Å². The third kappa shape index (κ3) is 3.23. The number of ether oxygens (including phenoxy) is 1. The Morgan fingerprint density at radius 2 is 1.95 bits per heavy atom. The van der Waals surface area contributed by atoms with Gasteiger partial charge in [-0.25, -0.2) is 0 Å². The summed E-state index contributed by atoms with van der Waals surface area (Å²) in [5, 5.41) is 5.03. The molecule has 0 aliphatic heterocycles. The smallest absolute Gasteiger partial charge is 0.236 e. The van der Waals surface area contributed by atoms with Crippen molar-refractivity contribution in [2.24, 2.45) is 5.73 Å². The average Bonchev–Trinajstić information content (AvgIpc) is 2.43. The van der Waals surface area contributed by atoms with Gasteiger partial charge in [-0.05, 0) is 41.5 Å². The van der Waals surface area contributed by atoms with E-state index in [2.05, 4.69) is 11.4 Å². The average molecular weight is 258 g/mol. The fourth-order valence-corrected chi connectivity index (χ4v) is 1.86. The summed E-state index contributed by atoms with van der Waals surface area (Å²) in [6.45, 7) is 2.16. The van der Waals surface area contributed by atoms with Gasteiger partial charge in [0.2, 0.25) is 5.91 Å². The van der Waals surface area contributed by atoms with Crippen molar-refractivity contribution in [3.8, 4) is 5.75 Å². The molecule has 4 nitrogen and oxygen atoms in total. The molecular formula is C15H18N2O2. The number of nitrogens with one attached hydrogen (secondary N) is 1. The molecule has 0 aliphatic carbocycles. The normalized spacial score (nSPS) is 12.2. The van der Waals surface area contributed by atoms with E-state index in [0.29, 0.717) is 6.54 Å². The summed E-state index contributed by atoms with van der Waals surface area (Å²) in [6.07, 6.45) is 0. The zero-order valence-corrected chi connectivity index (χ0v) is 11.1. The first-order valence-electron chi connectivity index (χ1n) is 6.20. The Kier molecular flexibility index (Phi) is 4.02. The lowest BCUT2D eigenvalue weighted by Gasteiger charge is -2.09. The molecule has 0 fully saturated rings. The van der Waals surface area contributed by atoms with Crippen LogP contribution < -0.4 is 15.8 Å². The molecule has 2 aromatic carbocycles. The zero-order valence-electron chi connectivity index (χ0n) is 11.1. The first-order chi connectivity index (χ1) is 9.10. The highest BCUT2D eigenvalue weighted by Gasteiger charge is 2.06. The summed E-state index contributed by atoms with van der Waals surface area (Å²) >= 11 is 0. The molecule has 3 N–H and O–H groups in total. The summed E-state index contributed by atoms with van der Waals surface area (Å²) < 4.78 is 5.19. The van der Waals surface area contributed by atoms with E-state index in [9.17, 15) is 4.79 Å². The quantitative estimate of drug-likeness (QED) is 0.879. The Morgan fingerprint density at radius 3 is 2.63 bits per heavy atom. The van der Waals surface area contributed by atoms with E-state index in [1.54, 1.807) is 14.0 Å². The van der Waals surface area contributed by atoms with Crippen LogP contribution in [0.1, 0.15) is 12.5 Å². The fraction of sp³-hybridized carbons (Fsp3) is 0.267. The van der Waals surface area contributed by atoms with Crippen molar-refractivity contribution in [3.63, 3.8) is 0 Å². The molecule has 0 heterocycles. The molecule has 1 amide bonds. The van der Waals surface area contributed by atoms with Gasteiger partial charge in [0.15, 0.2) is 0 Å². The summed E-state index contributed by atoms with van der Waals surface area (Å²) in [5.74, 6) is 0.695. The molecule has 0 aliphatic rings. The lowest BCUT2D eigenvalue weighted by molar-refractivity contribution is -0.122. The van der Waals surface area contributed by atoms with Crippen molar-refractivity contribution in [1.82, 2.24) is 5.32 Å². The summed E-state index contributed by atoms with van der Waals surface area (Å²) in [7, 11) is 1.65. The van der Waals surface area contributed by atoms with Crippen LogP contribution in [0, 0.1) is 0 Å². The molecule has 4 heteroatoms. The maximum Gasteiger partial charge on any atom is 0.236 e. The number of amides is 1. The summed E-state index contributed by atoms with van der Waals surface area (Å²) in [4.78, 5) is 11.4. The molecular weight excluding hydrogens is 240 g/mol. The maximum absolute atomic E-state index is 11.4. The molecule has 0 unspecified atom stereocenters. The van der Waals surface area contributed by atoms with Crippen molar-refractivity contribution in [3.05, 3.63) is 42.0 Å². The minimum atomic E-state index is -0.482. The molecule has 0 spiro atoms. The highest BCUT2D eigenvalue weighted by atomic mass is 16.5. The summed E-state index contributed by atoms with van der Waals surface area (Å²) in [6, 6.07) is 11.5. The first kappa shape index (κ1) is 13.4. The number of carbonyl (C=O) groups excluding carboxylic acids is 1. The first-order valence-corrected chi connectivity index (χ1v) is 6.20. The van der Waals surface area contributed by atoms with Crippen LogP contribution in [0.3, 0.4) is 0 Å². The SMILES string of the molecule is COc1ccc2cc(CNC(=O)[C@H](C)N)ccc2c1. The highest BCUT2D eigenvalue weighted by molar-refractivity contribution is 5.85. The Balaban J connectivity index is 2.15. The van der Waals surface area contributed by atoms with Crippen LogP contribution in [-0.4, -0.2) is 19.1 Å². The molecule has 19 heavy (non-hydrogen) atoms. The third-order valence-corrected chi connectivity index (χ3v) is 2.99. The van der Waals surface area contributed by atoms with Crippen LogP contribution in [0.5, 0.6) is 5.75 Å². The van der Waals surface area contributed by atoms with Gasteiger partial charge in [-0.15, -0.1) is 0 Å². The third-order valence-electron chi connectivity index (χ3n) is 2.99. The second-order valence-electron chi connectivity index (χ2n) is 4.55. The van der Waals surface area contributed by atoms with E-state index in [1.165, 1.54) is 0 Å². The van der Waals surface area contributed by atoms with Crippen LogP contribution in [0.4, 0.5) is 0 Å². The van der Waals surface area contributed by atoms with Crippen molar-refractivity contribution in [2.75, 3.05) is 7.11 Å². The Morgan fingerprint density at radius 1 is 1.26 bits per heavy atom. The number of hydrogen-bond acceptors (Lipinski definition) is 3. The molecule has 0 saturated carbocycles.